The second-order valence-corrected chi connectivity index (χ2v) is 4.91. The molecule has 0 aromatic rings. The summed E-state index contributed by atoms with van der Waals surface area (Å²) in [6.45, 7) is 2.27. The van der Waals surface area contributed by atoms with Crippen LogP contribution in [-0.4, -0.2) is 32.0 Å². The number of nitrogens with two attached hydrogens (primary N) is 1. The van der Waals surface area contributed by atoms with Crippen molar-refractivity contribution in [2.75, 3.05) is 20.3 Å². The van der Waals surface area contributed by atoms with E-state index in [-0.39, 0.29) is 13.2 Å². The Bertz CT molecular complexity index is 263. The van der Waals surface area contributed by atoms with Gasteiger partial charge in [0.25, 0.3) is 0 Å². The lowest BCUT2D eigenvalue weighted by atomic mass is 10.6. The molecule has 98 valence electrons. The van der Waals surface area contributed by atoms with Gasteiger partial charge in [0.1, 0.15) is 0 Å². The average molecular weight is 265 g/mol. The SMILES string of the molecule is CCOP(=O)(OCC)C(N)(OC)C(F)(F)F. The highest BCUT2D eigenvalue weighted by Crippen LogP contribution is 2.63. The zero-order valence-corrected chi connectivity index (χ0v) is 10.1. The van der Waals surface area contributed by atoms with E-state index in [1.807, 2.05) is 0 Å². The molecule has 1 atom stereocenters. The van der Waals surface area contributed by atoms with Crippen LogP contribution in [0.3, 0.4) is 0 Å². The zero-order valence-electron chi connectivity index (χ0n) is 9.21. The van der Waals surface area contributed by atoms with Crippen molar-refractivity contribution in [3.05, 3.63) is 0 Å². The third-order valence-corrected chi connectivity index (χ3v) is 4.17. The van der Waals surface area contributed by atoms with Crippen LogP contribution in [0, 0.1) is 0 Å². The van der Waals surface area contributed by atoms with Crippen LogP contribution in [-0.2, 0) is 18.3 Å². The fourth-order valence-electron chi connectivity index (χ4n) is 0.952. The van der Waals surface area contributed by atoms with Gasteiger partial charge in [0, 0.05) is 7.11 Å². The maximum Gasteiger partial charge on any atom is 0.443 e. The molecule has 0 aliphatic rings. The molecule has 5 nitrogen and oxygen atoms in total. The van der Waals surface area contributed by atoms with E-state index >= 15 is 0 Å². The Hall–Kier alpha value is -0.140. The van der Waals surface area contributed by atoms with Crippen LogP contribution in [0.25, 0.3) is 0 Å². The molecule has 0 saturated heterocycles. The van der Waals surface area contributed by atoms with Crippen LogP contribution in [0.5, 0.6) is 0 Å². The van der Waals surface area contributed by atoms with Gasteiger partial charge in [-0.25, -0.2) is 0 Å². The van der Waals surface area contributed by atoms with E-state index in [4.69, 9.17) is 5.73 Å². The van der Waals surface area contributed by atoms with Gasteiger partial charge in [-0.3, -0.25) is 10.3 Å². The van der Waals surface area contributed by atoms with E-state index < -0.39 is 19.2 Å². The molecule has 0 fully saturated rings. The third kappa shape index (κ3) is 2.75. The van der Waals surface area contributed by atoms with Gasteiger partial charge in [-0.05, 0) is 13.8 Å². The fraction of sp³-hybridized carbons (Fsp3) is 1.00. The zero-order chi connectivity index (χ0) is 13.0. The first kappa shape index (κ1) is 15.9. The van der Waals surface area contributed by atoms with Crippen LogP contribution >= 0.6 is 7.60 Å². The van der Waals surface area contributed by atoms with Gasteiger partial charge in [0.05, 0.1) is 13.2 Å². The molecule has 0 amide bonds. The van der Waals surface area contributed by atoms with Crippen molar-refractivity contribution in [2.45, 2.75) is 25.5 Å². The maximum atomic E-state index is 12.7. The minimum atomic E-state index is -5.07. The molecule has 0 aliphatic carbocycles. The van der Waals surface area contributed by atoms with Crippen LogP contribution in [0.2, 0.25) is 0 Å². The lowest BCUT2D eigenvalue weighted by Gasteiger charge is -2.35. The van der Waals surface area contributed by atoms with Gasteiger partial charge in [0.2, 0.25) is 0 Å². The summed E-state index contributed by atoms with van der Waals surface area (Å²) in [5.41, 5.74) is 1.51. The Morgan fingerprint density at radius 3 is 1.75 bits per heavy atom. The van der Waals surface area contributed by atoms with Gasteiger partial charge in [-0.15, -0.1) is 0 Å². The van der Waals surface area contributed by atoms with E-state index in [9.17, 15) is 17.7 Å². The fourth-order valence-corrected chi connectivity index (χ4v) is 2.62. The highest BCUT2D eigenvalue weighted by atomic mass is 31.2. The van der Waals surface area contributed by atoms with Crippen LogP contribution in [0.15, 0.2) is 0 Å². The summed E-state index contributed by atoms with van der Waals surface area (Å²) in [5, 5.41) is 0. The Morgan fingerprint density at radius 2 is 1.56 bits per heavy atom. The summed E-state index contributed by atoms with van der Waals surface area (Å²) < 4.78 is 63.0. The number of halogens is 3. The smallest absolute Gasteiger partial charge is 0.346 e. The highest BCUT2D eigenvalue weighted by molar-refractivity contribution is 7.55. The van der Waals surface area contributed by atoms with Crippen molar-refractivity contribution < 1.29 is 31.5 Å². The topological polar surface area (TPSA) is 70.8 Å². The van der Waals surface area contributed by atoms with Crippen molar-refractivity contribution in [1.29, 1.82) is 0 Å². The predicted molar refractivity (Wildman–Crippen MR) is 50.8 cm³/mol. The third-order valence-electron chi connectivity index (χ3n) is 1.72. The Morgan fingerprint density at radius 1 is 1.19 bits per heavy atom. The largest absolute Gasteiger partial charge is 0.443 e. The first-order valence-corrected chi connectivity index (χ1v) is 6.02. The molecule has 0 rings (SSSR count). The molecule has 2 N–H and O–H groups in total. The molecule has 0 saturated carbocycles. The van der Waals surface area contributed by atoms with E-state index in [0.29, 0.717) is 7.11 Å². The van der Waals surface area contributed by atoms with E-state index in [0.717, 1.165) is 0 Å². The Balaban J connectivity index is 5.38. The minimum Gasteiger partial charge on any atom is -0.346 e. The molecule has 16 heavy (non-hydrogen) atoms. The number of alkyl halides is 3. The Kier molecular flexibility index (Phi) is 5.41. The quantitative estimate of drug-likeness (QED) is 0.588. The monoisotopic (exact) mass is 265 g/mol. The molecule has 9 heteroatoms. The molecule has 0 aromatic heterocycles. The van der Waals surface area contributed by atoms with Gasteiger partial charge < -0.3 is 13.8 Å². The molecule has 0 heterocycles. The van der Waals surface area contributed by atoms with Crippen molar-refractivity contribution in [3.63, 3.8) is 0 Å². The van der Waals surface area contributed by atoms with Crippen LogP contribution in [0.4, 0.5) is 13.2 Å². The summed E-state index contributed by atoms with van der Waals surface area (Å²) in [6.07, 6.45) is -5.07. The van der Waals surface area contributed by atoms with Crippen LogP contribution in [0.1, 0.15) is 13.8 Å². The first-order valence-electron chi connectivity index (χ1n) is 4.48. The van der Waals surface area contributed by atoms with Crippen molar-refractivity contribution in [3.8, 4) is 0 Å². The van der Waals surface area contributed by atoms with Crippen molar-refractivity contribution in [2.24, 2.45) is 5.73 Å². The van der Waals surface area contributed by atoms with Gasteiger partial charge in [-0.1, -0.05) is 0 Å². The summed E-state index contributed by atoms with van der Waals surface area (Å²) >= 11 is 0. The minimum absolute atomic E-state index is 0.240. The van der Waals surface area contributed by atoms with E-state index in [1.54, 1.807) is 0 Å². The van der Waals surface area contributed by atoms with Gasteiger partial charge in [0.15, 0.2) is 0 Å². The number of rotatable bonds is 6. The second-order valence-electron chi connectivity index (χ2n) is 2.73. The van der Waals surface area contributed by atoms with E-state index in [2.05, 4.69) is 13.8 Å². The average Bonchev–Trinajstić information content (AvgIpc) is 2.15. The van der Waals surface area contributed by atoms with E-state index in [1.165, 1.54) is 13.8 Å². The second kappa shape index (κ2) is 5.46. The summed E-state index contributed by atoms with van der Waals surface area (Å²) in [6, 6.07) is 0. The summed E-state index contributed by atoms with van der Waals surface area (Å²) in [4.78, 5) is 0. The van der Waals surface area contributed by atoms with Crippen LogP contribution < -0.4 is 5.73 Å². The molecule has 0 aromatic carbocycles. The molecule has 0 radical (unpaired) electrons. The number of methoxy groups -OCH3 is 1. The summed E-state index contributed by atoms with van der Waals surface area (Å²) in [7, 11) is -3.94. The number of hydrogen-bond donors (Lipinski definition) is 1. The molecular formula is C7H15F3NO4P. The number of hydrogen-bond acceptors (Lipinski definition) is 5. The van der Waals surface area contributed by atoms with Crippen molar-refractivity contribution >= 4 is 7.60 Å². The lowest BCUT2D eigenvalue weighted by Crippen LogP contribution is -2.55. The highest BCUT2D eigenvalue weighted by Gasteiger charge is 2.67. The standard InChI is InChI=1S/C7H15F3NO4P/c1-4-14-16(12,15-5-2)7(11,13-3)6(8,9)10/h4-5,11H2,1-3H3. The Labute approximate surface area is 91.6 Å². The normalized spacial score (nSPS) is 17.2. The molecule has 0 spiro atoms. The molecule has 0 aliphatic heterocycles. The van der Waals surface area contributed by atoms with Crippen molar-refractivity contribution in [1.82, 2.24) is 0 Å². The molecular weight excluding hydrogens is 250 g/mol. The predicted octanol–water partition coefficient (Wildman–Crippen LogP) is 2.07. The number of ether oxygens (including phenoxy) is 1. The maximum absolute atomic E-state index is 12.7. The molecule has 0 bridgehead atoms. The van der Waals surface area contributed by atoms with Gasteiger partial charge in [-0.2, -0.15) is 13.2 Å². The first-order chi connectivity index (χ1) is 7.18. The van der Waals surface area contributed by atoms with Gasteiger partial charge >= 0.3 is 19.2 Å². The summed E-state index contributed by atoms with van der Waals surface area (Å²) in [5.74, 6) is 0. The molecule has 1 unspecified atom stereocenters. The lowest BCUT2D eigenvalue weighted by molar-refractivity contribution is -0.239.